The van der Waals surface area contributed by atoms with Gasteiger partial charge in [-0.3, -0.25) is 4.98 Å². The minimum atomic E-state index is 1.03. The minimum Gasteiger partial charge on any atom is -0.261 e. The van der Waals surface area contributed by atoms with E-state index < -0.39 is 0 Å². The molecule has 44 heavy (non-hydrogen) atoms. The fourth-order valence-electron chi connectivity index (χ4n) is 6.71. The highest BCUT2D eigenvalue weighted by atomic mass is 14.7. The van der Waals surface area contributed by atoms with Crippen molar-refractivity contribution < 1.29 is 0 Å². The normalized spacial score (nSPS) is 11.4. The van der Waals surface area contributed by atoms with Crippen molar-refractivity contribution in [3.63, 3.8) is 0 Å². The molecule has 0 aliphatic rings. The first-order chi connectivity index (χ1) is 21.7. The Kier molecular flexibility index (Phi) is 6.31. The van der Waals surface area contributed by atoms with Crippen molar-refractivity contribution in [3.05, 3.63) is 163 Å². The van der Waals surface area contributed by atoms with Crippen LogP contribution in [0.25, 0.3) is 76.8 Å². The number of hydrogen-bond donors (Lipinski definition) is 0. The Labute approximate surface area is 258 Å². The third-order valence-electron chi connectivity index (χ3n) is 8.90. The lowest BCUT2D eigenvalue weighted by Gasteiger charge is -2.19. The summed E-state index contributed by atoms with van der Waals surface area (Å²) in [6, 6.07) is 53.3. The van der Waals surface area contributed by atoms with Crippen LogP contribution in [0.3, 0.4) is 0 Å². The van der Waals surface area contributed by atoms with Gasteiger partial charge in [0.15, 0.2) is 0 Å². The zero-order valence-electron chi connectivity index (χ0n) is 24.9. The van der Waals surface area contributed by atoms with Crippen LogP contribution in [-0.4, -0.2) is 4.98 Å². The van der Waals surface area contributed by atoms with Crippen molar-refractivity contribution in [1.29, 1.82) is 0 Å². The number of benzene rings is 7. The fraction of sp³-hybridized carbons (Fsp3) is 0.0465. The molecule has 208 valence electrons. The molecular weight excluding hydrogens is 530 g/mol. The Morgan fingerprint density at radius 2 is 0.818 bits per heavy atom. The lowest BCUT2D eigenvalue weighted by molar-refractivity contribution is 1.20. The van der Waals surface area contributed by atoms with Crippen LogP contribution in [0, 0.1) is 13.8 Å². The number of nitrogens with zero attached hydrogens (tertiary/aromatic N) is 1. The largest absolute Gasteiger partial charge is 0.261 e. The van der Waals surface area contributed by atoms with E-state index >= 15 is 0 Å². The van der Waals surface area contributed by atoms with Gasteiger partial charge in [0.25, 0.3) is 0 Å². The second kappa shape index (κ2) is 10.6. The predicted octanol–water partition coefficient (Wildman–Crippen LogP) is 11.8. The van der Waals surface area contributed by atoms with Crippen LogP contribution in [0.15, 0.2) is 152 Å². The second-order valence-corrected chi connectivity index (χ2v) is 11.7. The molecule has 0 N–H and O–H groups in total. The van der Waals surface area contributed by atoms with Crippen LogP contribution in [0.1, 0.15) is 11.3 Å². The van der Waals surface area contributed by atoms with Crippen LogP contribution >= 0.6 is 0 Å². The zero-order valence-corrected chi connectivity index (χ0v) is 24.9. The van der Waals surface area contributed by atoms with Crippen molar-refractivity contribution >= 4 is 32.3 Å². The molecule has 0 bridgehead atoms. The predicted molar refractivity (Wildman–Crippen MR) is 188 cm³/mol. The molecule has 0 saturated carbocycles. The molecule has 0 atom stereocenters. The number of rotatable bonds is 4. The summed E-state index contributed by atoms with van der Waals surface area (Å²) in [6.45, 7) is 4.16. The van der Waals surface area contributed by atoms with E-state index in [0.717, 1.165) is 11.3 Å². The van der Waals surface area contributed by atoms with Gasteiger partial charge in [0, 0.05) is 17.5 Å². The summed E-state index contributed by atoms with van der Waals surface area (Å²) in [5, 5.41) is 7.59. The first-order valence-corrected chi connectivity index (χ1v) is 15.2. The van der Waals surface area contributed by atoms with Gasteiger partial charge in [0.1, 0.15) is 0 Å². The molecule has 8 aromatic rings. The van der Waals surface area contributed by atoms with Crippen molar-refractivity contribution in [2.75, 3.05) is 0 Å². The molecule has 0 saturated heterocycles. The number of hydrogen-bond acceptors (Lipinski definition) is 1. The van der Waals surface area contributed by atoms with Gasteiger partial charge in [-0.1, -0.05) is 145 Å². The third kappa shape index (κ3) is 4.37. The summed E-state index contributed by atoms with van der Waals surface area (Å²) < 4.78 is 0. The molecule has 0 amide bonds. The van der Waals surface area contributed by atoms with Crippen molar-refractivity contribution in [2.24, 2.45) is 0 Å². The molecule has 1 nitrogen and oxygen atoms in total. The Morgan fingerprint density at radius 1 is 0.341 bits per heavy atom. The van der Waals surface area contributed by atoms with Gasteiger partial charge in [-0.2, -0.15) is 0 Å². The Morgan fingerprint density at radius 3 is 1.41 bits per heavy atom. The first-order valence-electron chi connectivity index (χ1n) is 15.2. The molecule has 1 heteroatoms. The van der Waals surface area contributed by atoms with E-state index in [2.05, 4.69) is 158 Å². The molecule has 1 heterocycles. The van der Waals surface area contributed by atoms with Crippen LogP contribution in [0.2, 0.25) is 0 Å². The van der Waals surface area contributed by atoms with Crippen molar-refractivity contribution in [3.8, 4) is 44.5 Å². The van der Waals surface area contributed by atoms with Crippen LogP contribution in [-0.2, 0) is 0 Å². The van der Waals surface area contributed by atoms with E-state index in [1.807, 2.05) is 13.1 Å². The van der Waals surface area contributed by atoms with E-state index in [-0.39, 0.29) is 0 Å². The zero-order chi connectivity index (χ0) is 29.6. The maximum absolute atomic E-state index is 4.50. The molecule has 0 aliphatic carbocycles. The summed E-state index contributed by atoms with van der Waals surface area (Å²) in [6.07, 6.45) is 1.96. The SMILES string of the molecule is Cc1ccc(-c2cccc3c(-c4c5ccccc5c(-c5ccc(-c6ccc(C)nc6)cc5)c5ccccc45)cccc23)cc1. The summed E-state index contributed by atoms with van der Waals surface area (Å²) in [5.74, 6) is 0. The van der Waals surface area contributed by atoms with Gasteiger partial charge < -0.3 is 0 Å². The summed E-state index contributed by atoms with van der Waals surface area (Å²) in [7, 11) is 0. The maximum Gasteiger partial charge on any atom is 0.0373 e. The number of aromatic nitrogens is 1. The fourth-order valence-corrected chi connectivity index (χ4v) is 6.71. The Balaban J connectivity index is 1.37. The number of fused-ring (bicyclic) bond motifs is 3. The highest BCUT2D eigenvalue weighted by molar-refractivity contribution is 6.24. The smallest absolute Gasteiger partial charge is 0.0373 e. The van der Waals surface area contributed by atoms with Gasteiger partial charge in [0.05, 0.1) is 0 Å². The molecule has 8 rings (SSSR count). The standard InChI is InChI=1S/C43H31N/c1-28-17-20-31(21-18-28)34-13-7-15-36-35(34)14-8-16-37(36)43-40-11-5-3-9-38(40)42(39-10-4-6-12-41(39)43)32-25-23-30(24-26-32)33-22-19-29(2)44-27-33/h3-27H,1-2H3. The van der Waals surface area contributed by atoms with Crippen molar-refractivity contribution in [2.45, 2.75) is 13.8 Å². The topological polar surface area (TPSA) is 12.9 Å². The lowest BCUT2D eigenvalue weighted by Crippen LogP contribution is -1.92. The van der Waals surface area contributed by atoms with Gasteiger partial charge >= 0.3 is 0 Å². The van der Waals surface area contributed by atoms with E-state index in [1.54, 1.807) is 0 Å². The van der Waals surface area contributed by atoms with Gasteiger partial charge in [0.2, 0.25) is 0 Å². The maximum atomic E-state index is 4.50. The molecule has 0 fully saturated rings. The molecular formula is C43H31N. The van der Waals surface area contributed by atoms with Gasteiger partial charge in [-0.15, -0.1) is 0 Å². The van der Waals surface area contributed by atoms with E-state index in [4.69, 9.17) is 0 Å². The van der Waals surface area contributed by atoms with Crippen LogP contribution < -0.4 is 0 Å². The molecule has 7 aromatic carbocycles. The number of pyridine rings is 1. The molecule has 0 spiro atoms. The highest BCUT2D eigenvalue weighted by Gasteiger charge is 2.18. The van der Waals surface area contributed by atoms with E-state index in [0.29, 0.717) is 0 Å². The summed E-state index contributed by atoms with van der Waals surface area (Å²) >= 11 is 0. The molecule has 0 unspecified atom stereocenters. The average Bonchev–Trinajstić information content (AvgIpc) is 3.08. The van der Waals surface area contributed by atoms with Gasteiger partial charge in [-0.05, 0) is 91.2 Å². The van der Waals surface area contributed by atoms with E-state index in [9.17, 15) is 0 Å². The van der Waals surface area contributed by atoms with Crippen molar-refractivity contribution in [1.82, 2.24) is 4.98 Å². The average molecular weight is 562 g/mol. The monoisotopic (exact) mass is 561 g/mol. The second-order valence-electron chi connectivity index (χ2n) is 11.7. The lowest BCUT2D eigenvalue weighted by atomic mass is 9.84. The minimum absolute atomic E-state index is 1.03. The van der Waals surface area contributed by atoms with Crippen LogP contribution in [0.4, 0.5) is 0 Å². The summed E-state index contributed by atoms with van der Waals surface area (Å²) in [4.78, 5) is 4.50. The summed E-state index contributed by atoms with van der Waals surface area (Å²) in [5.41, 5.74) is 12.1. The van der Waals surface area contributed by atoms with Gasteiger partial charge in [-0.25, -0.2) is 0 Å². The van der Waals surface area contributed by atoms with E-state index in [1.165, 1.54) is 76.8 Å². The number of aryl methyl sites for hydroxylation is 2. The first kappa shape index (κ1) is 26.1. The Hall–Kier alpha value is -5.53. The molecule has 0 aliphatic heterocycles. The molecule has 1 aromatic heterocycles. The molecule has 0 radical (unpaired) electrons. The van der Waals surface area contributed by atoms with Crippen LogP contribution in [0.5, 0.6) is 0 Å². The quantitative estimate of drug-likeness (QED) is 0.195. The third-order valence-corrected chi connectivity index (χ3v) is 8.90. The highest BCUT2D eigenvalue weighted by Crippen LogP contribution is 2.46. The Bertz CT molecular complexity index is 2250.